The van der Waals surface area contributed by atoms with Gasteiger partial charge in [-0.15, -0.1) is 22.7 Å². The number of rotatable bonds is 4. The molecule has 0 bridgehead atoms. The Morgan fingerprint density at radius 1 is 1.15 bits per heavy atom. The molecule has 0 radical (unpaired) electrons. The number of amides is 1. The summed E-state index contributed by atoms with van der Waals surface area (Å²) in [5, 5.41) is 2.19. The topological polar surface area (TPSA) is 23.6 Å². The highest BCUT2D eigenvalue weighted by Gasteiger charge is 2.50. The molecule has 4 rings (SSSR count). The van der Waals surface area contributed by atoms with Crippen molar-refractivity contribution >= 4 is 28.6 Å². The summed E-state index contributed by atoms with van der Waals surface area (Å²) in [5.41, 5.74) is 0.348. The second-order valence-corrected chi connectivity index (χ2v) is 10.7. The predicted octanol–water partition coefficient (Wildman–Crippen LogP) is 4.87. The molecule has 5 heteroatoms. The number of nitrogens with zero attached hydrogens (tertiary/aromatic N) is 2. The minimum Gasteiger partial charge on any atom is -0.337 e. The van der Waals surface area contributed by atoms with Gasteiger partial charge >= 0.3 is 0 Å². The van der Waals surface area contributed by atoms with Gasteiger partial charge in [0.15, 0.2) is 0 Å². The Bertz CT molecular complexity index is 770. The van der Waals surface area contributed by atoms with Crippen LogP contribution in [0.3, 0.4) is 0 Å². The lowest BCUT2D eigenvalue weighted by atomic mass is 9.66. The fourth-order valence-electron chi connectivity index (χ4n) is 4.87. The van der Waals surface area contributed by atoms with Crippen LogP contribution in [0, 0.1) is 12.3 Å². The van der Waals surface area contributed by atoms with Gasteiger partial charge in [-0.3, -0.25) is 9.69 Å². The maximum absolute atomic E-state index is 12.7. The van der Waals surface area contributed by atoms with Crippen molar-refractivity contribution in [3.05, 3.63) is 44.3 Å². The first-order valence-electron chi connectivity index (χ1n) is 9.47. The summed E-state index contributed by atoms with van der Waals surface area (Å²) in [5.74, 6) is 0.351. The van der Waals surface area contributed by atoms with Crippen LogP contribution in [0.2, 0.25) is 0 Å². The average Bonchev–Trinajstić information content (AvgIpc) is 3.32. The SMILES string of the molecule is Cc1ccc(CN2CC3(CCC(c4cccs4)(N(C)C)CC3)CC2=O)s1. The first kappa shape index (κ1) is 18.2. The molecular formula is C21H28N2OS2. The van der Waals surface area contributed by atoms with Crippen LogP contribution in [0.1, 0.15) is 46.7 Å². The number of likely N-dealkylation sites (tertiary alicyclic amines) is 1. The Morgan fingerprint density at radius 3 is 2.50 bits per heavy atom. The molecule has 1 aliphatic carbocycles. The van der Waals surface area contributed by atoms with Crippen LogP contribution in [0.25, 0.3) is 0 Å². The lowest BCUT2D eigenvalue weighted by Gasteiger charge is -2.48. The minimum atomic E-state index is 0.154. The van der Waals surface area contributed by atoms with Crippen LogP contribution in [-0.2, 0) is 16.9 Å². The highest BCUT2D eigenvalue weighted by Crippen LogP contribution is 2.53. The molecule has 1 saturated carbocycles. The molecule has 1 aliphatic heterocycles. The van der Waals surface area contributed by atoms with Crippen molar-refractivity contribution in [2.75, 3.05) is 20.6 Å². The maximum Gasteiger partial charge on any atom is 0.223 e. The van der Waals surface area contributed by atoms with Gasteiger partial charge in [-0.1, -0.05) is 6.07 Å². The quantitative estimate of drug-likeness (QED) is 0.746. The van der Waals surface area contributed by atoms with E-state index in [-0.39, 0.29) is 11.0 Å². The Labute approximate surface area is 164 Å². The summed E-state index contributed by atoms with van der Waals surface area (Å²) in [4.78, 5) is 21.3. The molecule has 2 aliphatic rings. The van der Waals surface area contributed by atoms with Gasteiger partial charge in [0.05, 0.1) is 12.1 Å². The molecule has 0 aromatic carbocycles. The largest absolute Gasteiger partial charge is 0.337 e. The van der Waals surface area contributed by atoms with Gasteiger partial charge < -0.3 is 4.90 Å². The van der Waals surface area contributed by atoms with E-state index in [1.54, 1.807) is 0 Å². The highest BCUT2D eigenvalue weighted by molar-refractivity contribution is 7.11. The molecule has 140 valence electrons. The number of thiophene rings is 2. The van der Waals surface area contributed by atoms with Crippen LogP contribution < -0.4 is 0 Å². The molecule has 0 unspecified atom stereocenters. The number of carbonyl (C=O) groups is 1. The lowest BCUT2D eigenvalue weighted by Crippen LogP contribution is -2.47. The number of hydrogen-bond donors (Lipinski definition) is 0. The van der Waals surface area contributed by atoms with E-state index in [0.717, 1.165) is 45.2 Å². The van der Waals surface area contributed by atoms with Crippen LogP contribution in [0.15, 0.2) is 29.6 Å². The van der Waals surface area contributed by atoms with E-state index >= 15 is 0 Å². The standard InChI is InChI=1S/C21H28N2OS2/c1-16-6-7-17(26-16)14-23-15-20(13-19(23)24)8-10-21(11-9-20,22(2)3)18-5-4-12-25-18/h4-7,12H,8-11,13-15H2,1-3H3. The Kier molecular flexibility index (Phi) is 4.74. The highest BCUT2D eigenvalue weighted by atomic mass is 32.1. The lowest BCUT2D eigenvalue weighted by molar-refractivity contribution is -0.128. The van der Waals surface area contributed by atoms with Crippen molar-refractivity contribution in [3.63, 3.8) is 0 Å². The van der Waals surface area contributed by atoms with E-state index in [4.69, 9.17) is 0 Å². The summed E-state index contributed by atoms with van der Waals surface area (Å²) in [7, 11) is 4.42. The molecule has 2 fully saturated rings. The van der Waals surface area contributed by atoms with E-state index in [1.165, 1.54) is 14.6 Å². The maximum atomic E-state index is 12.7. The van der Waals surface area contributed by atoms with Crippen LogP contribution >= 0.6 is 22.7 Å². The van der Waals surface area contributed by atoms with Gasteiger partial charge in [0.2, 0.25) is 5.91 Å². The van der Waals surface area contributed by atoms with Crippen LogP contribution in [0.4, 0.5) is 0 Å². The van der Waals surface area contributed by atoms with Gasteiger partial charge in [-0.25, -0.2) is 0 Å². The molecule has 0 N–H and O–H groups in total. The van der Waals surface area contributed by atoms with Crippen molar-refractivity contribution in [2.45, 2.75) is 51.1 Å². The third-order valence-electron chi connectivity index (χ3n) is 6.52. The van der Waals surface area contributed by atoms with E-state index in [2.05, 4.69) is 60.5 Å². The Balaban J connectivity index is 1.47. The van der Waals surface area contributed by atoms with E-state index in [1.807, 2.05) is 22.7 Å². The summed E-state index contributed by atoms with van der Waals surface area (Å²) < 4.78 is 0. The van der Waals surface area contributed by atoms with Crippen molar-refractivity contribution in [3.8, 4) is 0 Å². The zero-order valence-corrected chi connectivity index (χ0v) is 17.6. The van der Waals surface area contributed by atoms with Crippen LogP contribution in [0.5, 0.6) is 0 Å². The Morgan fingerprint density at radius 2 is 1.92 bits per heavy atom. The smallest absolute Gasteiger partial charge is 0.223 e. The first-order chi connectivity index (χ1) is 12.4. The second kappa shape index (κ2) is 6.77. The molecule has 3 heterocycles. The number of aryl methyl sites for hydroxylation is 1. The fourth-order valence-corrected chi connectivity index (χ4v) is 6.84. The van der Waals surface area contributed by atoms with Crippen molar-refractivity contribution < 1.29 is 4.79 Å². The molecule has 26 heavy (non-hydrogen) atoms. The molecule has 2 aromatic rings. The van der Waals surface area contributed by atoms with E-state index < -0.39 is 0 Å². The first-order valence-corrected chi connectivity index (χ1v) is 11.2. The predicted molar refractivity (Wildman–Crippen MR) is 110 cm³/mol. The van der Waals surface area contributed by atoms with Crippen molar-refractivity contribution in [2.24, 2.45) is 5.41 Å². The van der Waals surface area contributed by atoms with Gasteiger partial charge in [0.25, 0.3) is 0 Å². The molecule has 1 spiro atoms. The normalized spacial score (nSPS) is 29.2. The molecular weight excluding hydrogens is 360 g/mol. The van der Waals surface area contributed by atoms with Gasteiger partial charge in [-0.2, -0.15) is 0 Å². The number of carbonyl (C=O) groups excluding carboxylic acids is 1. The molecule has 3 nitrogen and oxygen atoms in total. The zero-order valence-electron chi connectivity index (χ0n) is 16.0. The van der Waals surface area contributed by atoms with E-state index in [9.17, 15) is 4.79 Å². The zero-order chi connectivity index (χ0) is 18.4. The average molecular weight is 389 g/mol. The van der Waals surface area contributed by atoms with Gasteiger partial charge in [-0.05, 0) is 75.7 Å². The molecule has 1 saturated heterocycles. The van der Waals surface area contributed by atoms with Crippen molar-refractivity contribution in [1.29, 1.82) is 0 Å². The summed E-state index contributed by atoms with van der Waals surface area (Å²) in [6, 6.07) is 8.78. The minimum absolute atomic E-state index is 0.154. The third-order valence-corrected chi connectivity index (χ3v) is 8.57. The third kappa shape index (κ3) is 3.14. The van der Waals surface area contributed by atoms with E-state index in [0.29, 0.717) is 5.91 Å². The number of hydrogen-bond acceptors (Lipinski definition) is 4. The van der Waals surface area contributed by atoms with Gasteiger partial charge in [0, 0.05) is 27.6 Å². The molecule has 0 atom stereocenters. The van der Waals surface area contributed by atoms with Crippen molar-refractivity contribution in [1.82, 2.24) is 9.80 Å². The molecule has 1 amide bonds. The van der Waals surface area contributed by atoms with Crippen LogP contribution in [-0.4, -0.2) is 36.3 Å². The molecule has 2 aromatic heterocycles. The summed E-state index contributed by atoms with van der Waals surface area (Å²) in [6.45, 7) is 3.87. The fraction of sp³-hybridized carbons (Fsp3) is 0.571. The monoisotopic (exact) mass is 388 g/mol. The Hall–Kier alpha value is -1.17. The summed E-state index contributed by atoms with van der Waals surface area (Å²) >= 11 is 3.69. The second-order valence-electron chi connectivity index (χ2n) is 8.34. The van der Waals surface area contributed by atoms with Gasteiger partial charge in [0.1, 0.15) is 0 Å². The summed E-state index contributed by atoms with van der Waals surface area (Å²) in [6.07, 6.45) is 5.34.